The molecule has 138 valence electrons. The van der Waals surface area contributed by atoms with Crippen molar-refractivity contribution in [1.29, 1.82) is 0 Å². The Balaban J connectivity index is 2.38. The molecule has 3 fully saturated rings. The molecule has 0 spiro atoms. The molecule has 3 saturated carbocycles. The van der Waals surface area contributed by atoms with Crippen LogP contribution in [0.5, 0.6) is 0 Å². The summed E-state index contributed by atoms with van der Waals surface area (Å²) in [6.07, 6.45) is 5.60. The maximum absolute atomic E-state index is 13.0. The first-order valence-corrected chi connectivity index (χ1v) is 9.65. The van der Waals surface area contributed by atoms with E-state index in [4.69, 9.17) is 9.47 Å². The number of rotatable bonds is 7. The van der Waals surface area contributed by atoms with Gasteiger partial charge in [-0.05, 0) is 55.3 Å². The van der Waals surface area contributed by atoms with Crippen molar-refractivity contribution in [3.63, 3.8) is 0 Å². The molecule has 4 nitrogen and oxygen atoms in total. The SMILES string of the molecule is CCCOC(=O)[C@@H]1[C@@H](C(=O)OCCC)C2(C(C)C)CCC1(C)CC2. The van der Waals surface area contributed by atoms with E-state index in [0.717, 1.165) is 38.5 Å². The van der Waals surface area contributed by atoms with Gasteiger partial charge in [-0.15, -0.1) is 0 Å². The first-order valence-electron chi connectivity index (χ1n) is 9.65. The summed E-state index contributed by atoms with van der Waals surface area (Å²) in [5.74, 6) is -0.751. The molecule has 4 heteroatoms. The summed E-state index contributed by atoms with van der Waals surface area (Å²) in [4.78, 5) is 25.8. The maximum Gasteiger partial charge on any atom is 0.310 e. The molecule has 2 bridgehead atoms. The second kappa shape index (κ2) is 7.45. The molecule has 0 aromatic carbocycles. The molecule has 2 atom stereocenters. The molecule has 0 heterocycles. The minimum atomic E-state index is -0.363. The molecule has 0 saturated heterocycles. The van der Waals surface area contributed by atoms with E-state index in [-0.39, 0.29) is 34.6 Å². The Labute approximate surface area is 146 Å². The van der Waals surface area contributed by atoms with Crippen molar-refractivity contribution in [2.24, 2.45) is 28.6 Å². The Morgan fingerprint density at radius 2 is 1.38 bits per heavy atom. The van der Waals surface area contributed by atoms with Crippen LogP contribution in [0.2, 0.25) is 0 Å². The topological polar surface area (TPSA) is 52.6 Å². The fraction of sp³-hybridized carbons (Fsp3) is 0.900. The molecule has 0 N–H and O–H groups in total. The van der Waals surface area contributed by atoms with Crippen LogP contribution in [0.1, 0.15) is 73.1 Å². The average molecular weight is 338 g/mol. The van der Waals surface area contributed by atoms with Crippen LogP contribution in [0.15, 0.2) is 0 Å². The lowest BCUT2D eigenvalue weighted by Crippen LogP contribution is -2.60. The number of hydrogen-bond acceptors (Lipinski definition) is 4. The van der Waals surface area contributed by atoms with Crippen molar-refractivity contribution in [2.45, 2.75) is 73.1 Å². The van der Waals surface area contributed by atoms with E-state index < -0.39 is 0 Å². The van der Waals surface area contributed by atoms with E-state index in [1.165, 1.54) is 0 Å². The Bertz CT molecular complexity index is 460. The Kier molecular flexibility index (Phi) is 5.98. The molecule has 0 amide bonds. The van der Waals surface area contributed by atoms with E-state index in [1.54, 1.807) is 0 Å². The second-order valence-electron chi connectivity index (χ2n) is 8.33. The standard InChI is InChI=1S/C20H34O4/c1-6-12-23-17(21)15-16(18(22)24-13-7-2)20(14(3)4)10-8-19(15,5)9-11-20/h14-16H,6-13H2,1-5H3/t15-,16-,19?,20?/m0/s1. The van der Waals surface area contributed by atoms with Gasteiger partial charge in [0.25, 0.3) is 0 Å². The van der Waals surface area contributed by atoms with Gasteiger partial charge in [0.05, 0.1) is 25.0 Å². The van der Waals surface area contributed by atoms with Crippen LogP contribution in [-0.4, -0.2) is 25.2 Å². The molecule has 24 heavy (non-hydrogen) atoms. The number of fused-ring (bicyclic) bond motifs is 3. The third-order valence-corrected chi connectivity index (χ3v) is 6.58. The lowest BCUT2D eigenvalue weighted by Gasteiger charge is -2.60. The largest absolute Gasteiger partial charge is 0.465 e. The van der Waals surface area contributed by atoms with Crippen molar-refractivity contribution in [3.05, 3.63) is 0 Å². The average Bonchev–Trinajstić information content (AvgIpc) is 2.56. The maximum atomic E-state index is 13.0. The van der Waals surface area contributed by atoms with Crippen molar-refractivity contribution in [2.75, 3.05) is 13.2 Å². The Hall–Kier alpha value is -1.06. The van der Waals surface area contributed by atoms with Crippen molar-refractivity contribution < 1.29 is 19.1 Å². The lowest BCUT2D eigenvalue weighted by atomic mass is 9.42. The molecule has 3 aliphatic rings. The molecular formula is C20H34O4. The fourth-order valence-electron chi connectivity index (χ4n) is 4.96. The van der Waals surface area contributed by atoms with Crippen LogP contribution in [0.3, 0.4) is 0 Å². The summed E-state index contributed by atoms with van der Waals surface area (Å²) >= 11 is 0. The highest BCUT2D eigenvalue weighted by Crippen LogP contribution is 2.65. The summed E-state index contributed by atoms with van der Waals surface area (Å²) in [5, 5.41) is 0. The number of carbonyl (C=O) groups is 2. The highest BCUT2D eigenvalue weighted by atomic mass is 16.5. The fourth-order valence-corrected chi connectivity index (χ4v) is 4.96. The highest BCUT2D eigenvalue weighted by molar-refractivity contribution is 5.84. The summed E-state index contributed by atoms with van der Waals surface area (Å²) in [6, 6.07) is 0. The summed E-state index contributed by atoms with van der Waals surface area (Å²) in [7, 11) is 0. The van der Waals surface area contributed by atoms with E-state index in [9.17, 15) is 9.59 Å². The smallest absolute Gasteiger partial charge is 0.310 e. The Morgan fingerprint density at radius 1 is 0.917 bits per heavy atom. The molecule has 3 rings (SSSR count). The van der Waals surface area contributed by atoms with Crippen LogP contribution >= 0.6 is 0 Å². The summed E-state index contributed by atoms with van der Waals surface area (Å²) < 4.78 is 11.1. The van der Waals surface area contributed by atoms with Crippen molar-refractivity contribution in [1.82, 2.24) is 0 Å². The lowest BCUT2D eigenvalue weighted by molar-refractivity contribution is -0.199. The zero-order chi connectivity index (χ0) is 18.0. The van der Waals surface area contributed by atoms with E-state index >= 15 is 0 Å². The van der Waals surface area contributed by atoms with E-state index in [1.807, 2.05) is 13.8 Å². The number of hydrogen-bond donors (Lipinski definition) is 0. The van der Waals surface area contributed by atoms with Crippen LogP contribution < -0.4 is 0 Å². The quantitative estimate of drug-likeness (QED) is 0.647. The van der Waals surface area contributed by atoms with Crippen LogP contribution in [-0.2, 0) is 19.1 Å². The van der Waals surface area contributed by atoms with Gasteiger partial charge in [-0.2, -0.15) is 0 Å². The van der Waals surface area contributed by atoms with Crippen LogP contribution in [0.25, 0.3) is 0 Å². The third kappa shape index (κ3) is 3.21. The molecule has 3 aliphatic carbocycles. The highest BCUT2D eigenvalue weighted by Gasteiger charge is 2.64. The number of ether oxygens (including phenoxy) is 2. The summed E-state index contributed by atoms with van der Waals surface area (Å²) in [5.41, 5.74) is -0.268. The van der Waals surface area contributed by atoms with Crippen LogP contribution in [0, 0.1) is 28.6 Å². The predicted molar refractivity (Wildman–Crippen MR) is 93.3 cm³/mol. The van der Waals surface area contributed by atoms with Gasteiger partial charge in [0.1, 0.15) is 0 Å². The predicted octanol–water partition coefficient (Wildman–Crippen LogP) is 4.36. The van der Waals surface area contributed by atoms with Crippen molar-refractivity contribution >= 4 is 11.9 Å². The zero-order valence-electron chi connectivity index (χ0n) is 16.0. The first kappa shape index (κ1) is 19.3. The third-order valence-electron chi connectivity index (χ3n) is 6.58. The van der Waals surface area contributed by atoms with Crippen molar-refractivity contribution in [3.8, 4) is 0 Å². The molecular weight excluding hydrogens is 304 g/mol. The van der Waals surface area contributed by atoms with Gasteiger partial charge in [0, 0.05) is 0 Å². The van der Waals surface area contributed by atoms with E-state index in [2.05, 4.69) is 20.8 Å². The second-order valence-corrected chi connectivity index (χ2v) is 8.33. The number of esters is 2. The van der Waals surface area contributed by atoms with Gasteiger partial charge in [-0.3, -0.25) is 9.59 Å². The van der Waals surface area contributed by atoms with Gasteiger partial charge < -0.3 is 9.47 Å². The van der Waals surface area contributed by atoms with Gasteiger partial charge in [-0.25, -0.2) is 0 Å². The van der Waals surface area contributed by atoms with E-state index in [0.29, 0.717) is 19.1 Å². The van der Waals surface area contributed by atoms with Gasteiger partial charge in [0.15, 0.2) is 0 Å². The molecule has 0 radical (unpaired) electrons. The van der Waals surface area contributed by atoms with Crippen LogP contribution in [0.4, 0.5) is 0 Å². The van der Waals surface area contributed by atoms with Gasteiger partial charge in [-0.1, -0.05) is 34.6 Å². The molecule has 0 aromatic heterocycles. The normalized spacial score (nSPS) is 35.1. The minimum absolute atomic E-state index is 0.127. The molecule has 0 aromatic rings. The monoisotopic (exact) mass is 338 g/mol. The van der Waals surface area contributed by atoms with Gasteiger partial charge >= 0.3 is 11.9 Å². The molecule has 0 aliphatic heterocycles. The minimum Gasteiger partial charge on any atom is -0.465 e. The molecule has 0 unspecified atom stereocenters. The zero-order valence-corrected chi connectivity index (χ0v) is 16.0. The number of carbonyl (C=O) groups excluding carboxylic acids is 2. The first-order chi connectivity index (χ1) is 11.3. The van der Waals surface area contributed by atoms with Gasteiger partial charge in [0.2, 0.25) is 0 Å². The Morgan fingerprint density at radius 3 is 1.79 bits per heavy atom. The summed E-state index contributed by atoms with van der Waals surface area (Å²) in [6.45, 7) is 11.4.